The number of anilines is 3. The predicted octanol–water partition coefficient (Wildman–Crippen LogP) is 20.5. The van der Waals surface area contributed by atoms with Crippen molar-refractivity contribution < 1.29 is 0 Å². The molecule has 0 saturated carbocycles. The van der Waals surface area contributed by atoms with E-state index in [2.05, 4.69) is 334 Å². The third-order valence-electron chi connectivity index (χ3n) is 18.4. The molecule has 3 N–H and O–H groups in total. The second kappa shape index (κ2) is 20.3. The number of halogens is 1. The van der Waals surface area contributed by atoms with Crippen molar-refractivity contribution in [3.05, 3.63) is 362 Å². The Balaban J connectivity index is 0.000000124. The highest BCUT2D eigenvalue weighted by atomic mass is 79.9. The molecule has 0 unspecified atom stereocenters. The molecule has 2 nitrogen and oxygen atoms in total. The molecule has 0 aliphatic heterocycles. The highest BCUT2D eigenvalue weighted by Gasteiger charge is 2.47. The first-order valence-corrected chi connectivity index (χ1v) is 29.7. The fraction of sp³-hybridized carbons (Fsp3) is 0.100. The van der Waals surface area contributed by atoms with Gasteiger partial charge in [-0.2, -0.15) is 0 Å². The summed E-state index contributed by atoms with van der Waals surface area (Å²) in [6, 6.07) is 105. The molecule has 83 heavy (non-hydrogen) atoms. The molecule has 4 aliphatic carbocycles. The van der Waals surface area contributed by atoms with Gasteiger partial charge in [0.2, 0.25) is 0 Å². The molecule has 12 aromatic rings. The van der Waals surface area contributed by atoms with Gasteiger partial charge in [0.15, 0.2) is 0 Å². The Morgan fingerprint density at radius 1 is 0.265 bits per heavy atom. The summed E-state index contributed by atoms with van der Waals surface area (Å²) in [5.74, 6) is 0. The number of benzene rings is 12. The van der Waals surface area contributed by atoms with E-state index in [0.717, 1.165) is 21.5 Å². The molecule has 0 spiro atoms. The Kier molecular flexibility index (Phi) is 12.7. The van der Waals surface area contributed by atoms with Gasteiger partial charge in [-0.05, 0) is 160 Å². The first-order valence-electron chi connectivity index (χ1n) is 28.9. The third kappa shape index (κ3) is 8.19. The summed E-state index contributed by atoms with van der Waals surface area (Å²) in [5.41, 5.74) is 35.2. The lowest BCUT2D eigenvalue weighted by atomic mass is 9.67. The van der Waals surface area contributed by atoms with Gasteiger partial charge in [0.1, 0.15) is 0 Å². The molecule has 0 amide bonds. The standard InChI is InChI=1S/C40H31N.C25H19N.C15H13Br/c1-39(2)35-20-9-6-17-31(35)34-24-23-30(26-38(34)39)41-29-16-12-15-28(25-29)40(27-13-4-3-5-14-27)36-21-10-7-18-32(36)33-19-8-11-22-37(33)40;26-20-12-8-11-19(17-20)25(18-9-2-1-3-10-18)23-15-6-4-13-21(23)22-14-5-7-16-24(22)25;1-15(2)13-6-4-3-5-11(13)12-8-7-10(16)9-14(12)15/h3-26,41H,1-2H3;1-17H,26H2;3-9H,1-2H3. The van der Waals surface area contributed by atoms with Gasteiger partial charge >= 0.3 is 0 Å². The summed E-state index contributed by atoms with van der Waals surface area (Å²) >= 11 is 3.56. The van der Waals surface area contributed by atoms with Gasteiger partial charge in [-0.3, -0.25) is 0 Å². The van der Waals surface area contributed by atoms with E-state index < -0.39 is 5.41 Å². The van der Waals surface area contributed by atoms with Crippen molar-refractivity contribution in [2.75, 3.05) is 11.1 Å². The fourth-order valence-electron chi connectivity index (χ4n) is 14.7. The van der Waals surface area contributed by atoms with Crippen molar-refractivity contribution in [3.8, 4) is 44.5 Å². The lowest BCUT2D eigenvalue weighted by molar-refractivity contribution is 0.660. The van der Waals surface area contributed by atoms with Crippen molar-refractivity contribution in [3.63, 3.8) is 0 Å². The van der Waals surface area contributed by atoms with Gasteiger partial charge in [-0.25, -0.2) is 0 Å². The van der Waals surface area contributed by atoms with Gasteiger partial charge in [0.25, 0.3) is 0 Å². The Labute approximate surface area is 497 Å². The number of fused-ring (bicyclic) bond motifs is 12. The molecule has 0 heterocycles. The van der Waals surface area contributed by atoms with Gasteiger partial charge in [-0.15, -0.1) is 0 Å². The molecular formula is C80H63BrN2. The molecule has 0 radical (unpaired) electrons. The molecular weight excluding hydrogens is 1070 g/mol. The molecule has 16 rings (SSSR count). The molecule has 0 atom stereocenters. The van der Waals surface area contributed by atoms with Crippen LogP contribution in [0.1, 0.15) is 94.5 Å². The minimum Gasteiger partial charge on any atom is -0.399 e. The minimum atomic E-state index is -0.395. The number of nitrogens with two attached hydrogens (primary N) is 1. The molecule has 0 saturated heterocycles. The Hall–Kier alpha value is -9.28. The zero-order valence-corrected chi connectivity index (χ0v) is 48.8. The van der Waals surface area contributed by atoms with Crippen LogP contribution < -0.4 is 11.1 Å². The SMILES string of the molecule is CC1(C)c2ccccc2-c2ccc(Br)cc21.CC1(C)c2ccccc2-c2ccc(Nc3cccc(C4(c5ccccc5)c5ccccc5-c5ccccc54)c3)cc21.Nc1cccc(C2(c3ccccc3)c3ccccc3-c3ccccc32)c1. The third-order valence-corrected chi connectivity index (χ3v) is 18.8. The largest absolute Gasteiger partial charge is 0.399 e. The van der Waals surface area contributed by atoms with E-state index in [1.165, 1.54) is 111 Å². The summed E-state index contributed by atoms with van der Waals surface area (Å²) < 4.78 is 1.16. The summed E-state index contributed by atoms with van der Waals surface area (Å²) in [5, 5.41) is 3.78. The summed E-state index contributed by atoms with van der Waals surface area (Å²) in [6.07, 6.45) is 0. The maximum Gasteiger partial charge on any atom is 0.0714 e. The van der Waals surface area contributed by atoms with Crippen LogP contribution in [0.2, 0.25) is 0 Å². The smallest absolute Gasteiger partial charge is 0.0714 e. The molecule has 0 bridgehead atoms. The highest BCUT2D eigenvalue weighted by molar-refractivity contribution is 9.10. The van der Waals surface area contributed by atoms with E-state index in [1.54, 1.807) is 0 Å². The second-order valence-corrected chi connectivity index (χ2v) is 24.5. The van der Waals surface area contributed by atoms with Crippen molar-refractivity contribution in [1.82, 2.24) is 0 Å². The zero-order chi connectivity index (χ0) is 56.5. The van der Waals surface area contributed by atoms with Crippen LogP contribution in [0, 0.1) is 0 Å². The average Bonchev–Trinajstić information content (AvgIpc) is 3.02. The molecule has 0 aromatic heterocycles. The summed E-state index contributed by atoms with van der Waals surface area (Å²) in [7, 11) is 0. The van der Waals surface area contributed by atoms with E-state index in [1.807, 2.05) is 6.07 Å². The van der Waals surface area contributed by atoms with E-state index in [4.69, 9.17) is 5.73 Å². The monoisotopic (exact) mass is 1130 g/mol. The van der Waals surface area contributed by atoms with Crippen molar-refractivity contribution in [2.45, 2.75) is 49.4 Å². The summed E-state index contributed by atoms with van der Waals surface area (Å²) in [4.78, 5) is 0. The zero-order valence-electron chi connectivity index (χ0n) is 47.2. The van der Waals surface area contributed by atoms with Crippen LogP contribution in [-0.2, 0) is 21.7 Å². The second-order valence-electron chi connectivity index (χ2n) is 23.5. The maximum atomic E-state index is 6.20. The number of hydrogen-bond acceptors (Lipinski definition) is 2. The number of nitrogens with one attached hydrogen (secondary N) is 1. The molecule has 3 heteroatoms. The van der Waals surface area contributed by atoms with E-state index in [9.17, 15) is 0 Å². The Morgan fingerprint density at radius 3 is 1.04 bits per heavy atom. The van der Waals surface area contributed by atoms with Crippen LogP contribution in [0.25, 0.3) is 44.5 Å². The van der Waals surface area contributed by atoms with E-state index in [-0.39, 0.29) is 16.2 Å². The maximum absolute atomic E-state index is 6.20. The fourth-order valence-corrected chi connectivity index (χ4v) is 15.0. The first kappa shape index (κ1) is 51.8. The Bertz CT molecular complexity index is 4360. The van der Waals surface area contributed by atoms with E-state index >= 15 is 0 Å². The normalized spacial score (nSPS) is 14.8. The average molecular weight is 1130 g/mol. The molecule has 0 fully saturated rings. The predicted molar refractivity (Wildman–Crippen MR) is 351 cm³/mol. The minimum absolute atomic E-state index is 0.0277. The van der Waals surface area contributed by atoms with Gasteiger partial charge in [0.05, 0.1) is 10.8 Å². The molecule has 12 aromatic carbocycles. The molecule has 4 aliphatic rings. The quantitative estimate of drug-likeness (QED) is 0.163. The van der Waals surface area contributed by atoms with Crippen molar-refractivity contribution >= 4 is 33.0 Å². The molecule has 400 valence electrons. The van der Waals surface area contributed by atoms with Gasteiger partial charge < -0.3 is 11.1 Å². The number of nitrogen functional groups attached to an aromatic ring is 1. The van der Waals surface area contributed by atoms with Crippen LogP contribution in [0.4, 0.5) is 17.1 Å². The van der Waals surface area contributed by atoms with Crippen molar-refractivity contribution in [2.24, 2.45) is 0 Å². The van der Waals surface area contributed by atoms with Crippen LogP contribution in [0.3, 0.4) is 0 Å². The number of hydrogen-bond donors (Lipinski definition) is 2. The topological polar surface area (TPSA) is 38.0 Å². The lowest BCUT2D eigenvalue weighted by Gasteiger charge is -2.34. The Morgan fingerprint density at radius 2 is 0.590 bits per heavy atom. The van der Waals surface area contributed by atoms with Gasteiger partial charge in [-0.1, -0.05) is 286 Å². The van der Waals surface area contributed by atoms with Crippen molar-refractivity contribution in [1.29, 1.82) is 0 Å². The lowest BCUT2D eigenvalue weighted by Crippen LogP contribution is -2.28. The van der Waals surface area contributed by atoms with Gasteiger partial charge in [0, 0.05) is 32.4 Å². The summed E-state index contributed by atoms with van der Waals surface area (Å²) in [6.45, 7) is 9.26. The van der Waals surface area contributed by atoms with Crippen LogP contribution in [0.15, 0.2) is 296 Å². The van der Waals surface area contributed by atoms with Crippen LogP contribution in [0.5, 0.6) is 0 Å². The van der Waals surface area contributed by atoms with E-state index in [0.29, 0.717) is 0 Å². The van der Waals surface area contributed by atoms with Crippen LogP contribution in [-0.4, -0.2) is 0 Å². The first-order chi connectivity index (χ1) is 40.5. The highest BCUT2D eigenvalue weighted by Crippen LogP contribution is 2.58. The number of rotatable bonds is 6. The van der Waals surface area contributed by atoms with Crippen LogP contribution >= 0.6 is 15.9 Å².